The Kier molecular flexibility index (Phi) is 4.97. The van der Waals surface area contributed by atoms with E-state index >= 15 is 0 Å². The molecule has 1 saturated heterocycles. The van der Waals surface area contributed by atoms with Crippen LogP contribution in [0.2, 0.25) is 0 Å². The Hall–Kier alpha value is -1.73. The monoisotopic (exact) mass is 365 g/mol. The van der Waals surface area contributed by atoms with Crippen LogP contribution in [-0.2, 0) is 22.9 Å². The zero-order valence-corrected chi connectivity index (χ0v) is 15.7. The van der Waals surface area contributed by atoms with E-state index in [2.05, 4.69) is 10.00 Å². The largest absolute Gasteiger partial charge is 0.298 e. The van der Waals surface area contributed by atoms with Gasteiger partial charge in [-0.05, 0) is 45.0 Å². The second kappa shape index (κ2) is 6.88. The predicted octanol–water partition coefficient (Wildman–Crippen LogP) is 2.63. The first-order chi connectivity index (χ1) is 11.7. The van der Waals surface area contributed by atoms with E-state index in [1.807, 2.05) is 31.6 Å². The van der Waals surface area contributed by atoms with E-state index in [0.29, 0.717) is 19.5 Å². The van der Waals surface area contributed by atoms with Crippen molar-refractivity contribution in [2.75, 3.05) is 18.6 Å². The van der Waals surface area contributed by atoms with Crippen molar-refractivity contribution in [1.29, 1.82) is 0 Å². The summed E-state index contributed by atoms with van der Waals surface area (Å²) in [5.74, 6) is 0.187. The summed E-state index contributed by atoms with van der Waals surface area (Å²) >= 11 is 0. The van der Waals surface area contributed by atoms with E-state index in [1.54, 1.807) is 12.1 Å². The molecule has 0 radical (unpaired) electrons. The molecule has 1 aliphatic rings. The van der Waals surface area contributed by atoms with E-state index in [0.717, 1.165) is 22.5 Å². The molecule has 25 heavy (non-hydrogen) atoms. The number of benzene rings is 1. The predicted molar refractivity (Wildman–Crippen MR) is 95.6 cm³/mol. The van der Waals surface area contributed by atoms with Crippen molar-refractivity contribution in [2.45, 2.75) is 39.4 Å². The lowest BCUT2D eigenvalue weighted by molar-refractivity contribution is 0.317. The van der Waals surface area contributed by atoms with Gasteiger partial charge in [0.05, 0.1) is 23.2 Å². The molecule has 1 aromatic carbocycles. The molecule has 3 rings (SSSR count). The van der Waals surface area contributed by atoms with Gasteiger partial charge in [-0.1, -0.05) is 12.1 Å². The maximum absolute atomic E-state index is 13.3. The fourth-order valence-electron chi connectivity index (χ4n) is 3.52. The zero-order valence-electron chi connectivity index (χ0n) is 14.9. The number of halogens is 1. The summed E-state index contributed by atoms with van der Waals surface area (Å²) in [5, 5.41) is 4.60. The minimum absolute atomic E-state index is 0.0639. The van der Waals surface area contributed by atoms with Crippen LogP contribution >= 0.6 is 0 Å². The van der Waals surface area contributed by atoms with Gasteiger partial charge >= 0.3 is 0 Å². The van der Waals surface area contributed by atoms with E-state index in [1.165, 1.54) is 6.07 Å². The molecule has 1 fully saturated rings. The van der Waals surface area contributed by atoms with Crippen LogP contribution in [0.4, 0.5) is 4.39 Å². The summed E-state index contributed by atoms with van der Waals surface area (Å²) in [6.07, 6.45) is 0.628. The molecular weight excluding hydrogens is 341 g/mol. The van der Waals surface area contributed by atoms with E-state index in [4.69, 9.17) is 0 Å². The minimum atomic E-state index is -2.94. The van der Waals surface area contributed by atoms with Gasteiger partial charge in [0, 0.05) is 24.3 Å². The Bertz CT molecular complexity index is 876. The third-order valence-corrected chi connectivity index (χ3v) is 6.55. The van der Waals surface area contributed by atoms with E-state index < -0.39 is 9.84 Å². The summed E-state index contributed by atoms with van der Waals surface area (Å²) in [4.78, 5) is 2.11. The fraction of sp³-hybridized carbons (Fsp3) is 0.500. The SMILES string of the molecule is Cc1nn([C@@H]2CCS(=O)(=O)C2)c(C)c1CN(C)Cc1cccc(F)c1. The molecular formula is C18H24FN3O2S. The van der Waals surface area contributed by atoms with Crippen molar-refractivity contribution >= 4 is 9.84 Å². The van der Waals surface area contributed by atoms with Crippen molar-refractivity contribution in [2.24, 2.45) is 0 Å². The highest BCUT2D eigenvalue weighted by Gasteiger charge is 2.31. The van der Waals surface area contributed by atoms with Crippen LogP contribution in [0.15, 0.2) is 24.3 Å². The Morgan fingerprint density at radius 2 is 2.08 bits per heavy atom. The lowest BCUT2D eigenvalue weighted by Crippen LogP contribution is -2.19. The highest BCUT2D eigenvalue weighted by atomic mass is 32.2. The van der Waals surface area contributed by atoms with Crippen LogP contribution in [0.3, 0.4) is 0 Å². The summed E-state index contributed by atoms with van der Waals surface area (Å²) in [6, 6.07) is 6.55. The summed E-state index contributed by atoms with van der Waals surface area (Å²) in [6.45, 7) is 5.28. The molecule has 0 N–H and O–H groups in total. The summed E-state index contributed by atoms with van der Waals surface area (Å²) in [7, 11) is -0.951. The number of rotatable bonds is 5. The Morgan fingerprint density at radius 1 is 1.32 bits per heavy atom. The van der Waals surface area contributed by atoms with Crippen molar-refractivity contribution in [1.82, 2.24) is 14.7 Å². The fourth-order valence-corrected chi connectivity index (χ4v) is 5.21. The summed E-state index contributed by atoms with van der Waals surface area (Å²) in [5.41, 5.74) is 3.98. The molecule has 7 heteroatoms. The summed E-state index contributed by atoms with van der Waals surface area (Å²) < 4.78 is 38.7. The molecule has 1 atom stereocenters. The first kappa shape index (κ1) is 18.1. The Labute approximate surface area is 148 Å². The average molecular weight is 365 g/mol. The highest BCUT2D eigenvalue weighted by molar-refractivity contribution is 7.91. The van der Waals surface area contributed by atoms with Gasteiger partial charge < -0.3 is 0 Å². The molecule has 0 amide bonds. The van der Waals surface area contributed by atoms with Gasteiger partial charge in [-0.2, -0.15) is 5.10 Å². The van der Waals surface area contributed by atoms with Gasteiger partial charge in [0.15, 0.2) is 9.84 Å². The van der Waals surface area contributed by atoms with Crippen molar-refractivity contribution in [3.8, 4) is 0 Å². The maximum Gasteiger partial charge on any atom is 0.152 e. The molecule has 0 saturated carbocycles. The van der Waals surface area contributed by atoms with Crippen LogP contribution in [0.5, 0.6) is 0 Å². The first-order valence-electron chi connectivity index (χ1n) is 8.43. The number of aryl methyl sites for hydroxylation is 1. The number of hydrogen-bond donors (Lipinski definition) is 0. The van der Waals surface area contributed by atoms with Gasteiger partial charge in [0.1, 0.15) is 5.82 Å². The molecule has 1 aliphatic heterocycles. The molecule has 0 bridgehead atoms. The smallest absolute Gasteiger partial charge is 0.152 e. The van der Waals surface area contributed by atoms with Crippen LogP contribution in [0.25, 0.3) is 0 Å². The average Bonchev–Trinajstić information content (AvgIpc) is 3.01. The molecule has 1 aromatic heterocycles. The van der Waals surface area contributed by atoms with E-state index in [-0.39, 0.29) is 23.4 Å². The van der Waals surface area contributed by atoms with Crippen LogP contribution in [-0.4, -0.2) is 41.7 Å². The first-order valence-corrected chi connectivity index (χ1v) is 10.3. The molecule has 0 spiro atoms. The Morgan fingerprint density at radius 3 is 2.72 bits per heavy atom. The minimum Gasteiger partial charge on any atom is -0.298 e. The maximum atomic E-state index is 13.3. The molecule has 0 aliphatic carbocycles. The number of hydrogen-bond acceptors (Lipinski definition) is 4. The van der Waals surface area contributed by atoms with Gasteiger partial charge in [-0.25, -0.2) is 12.8 Å². The molecule has 2 aromatic rings. The second-order valence-corrected chi connectivity index (χ2v) is 9.18. The lowest BCUT2D eigenvalue weighted by atomic mass is 10.1. The third-order valence-electron chi connectivity index (χ3n) is 4.80. The zero-order chi connectivity index (χ0) is 18.2. The van der Waals surface area contributed by atoms with Crippen molar-refractivity contribution < 1.29 is 12.8 Å². The van der Waals surface area contributed by atoms with E-state index in [9.17, 15) is 12.8 Å². The molecule has 2 heterocycles. The quantitative estimate of drug-likeness (QED) is 0.817. The normalized spacial score (nSPS) is 19.6. The van der Waals surface area contributed by atoms with Crippen molar-refractivity contribution in [3.05, 3.63) is 52.6 Å². The molecule has 0 unspecified atom stereocenters. The van der Waals surface area contributed by atoms with Crippen molar-refractivity contribution in [3.63, 3.8) is 0 Å². The highest BCUT2D eigenvalue weighted by Crippen LogP contribution is 2.27. The van der Waals surface area contributed by atoms with Crippen LogP contribution in [0.1, 0.15) is 35.0 Å². The number of nitrogens with zero attached hydrogens (tertiary/aromatic N) is 3. The van der Waals surface area contributed by atoms with Gasteiger partial charge in [0.2, 0.25) is 0 Å². The molecule has 136 valence electrons. The topological polar surface area (TPSA) is 55.2 Å². The number of sulfone groups is 1. The van der Waals surface area contributed by atoms with Crippen LogP contribution < -0.4 is 0 Å². The third kappa shape index (κ3) is 4.10. The van der Waals surface area contributed by atoms with Crippen LogP contribution in [0, 0.1) is 19.7 Å². The number of aromatic nitrogens is 2. The van der Waals surface area contributed by atoms with Gasteiger partial charge in [-0.15, -0.1) is 0 Å². The standard InChI is InChI=1S/C18H24FN3O2S/c1-13-18(11-21(3)10-15-5-4-6-16(19)9-15)14(2)22(20-13)17-7-8-25(23,24)12-17/h4-6,9,17H,7-8,10-12H2,1-3H3/t17-/m1/s1. The van der Waals surface area contributed by atoms with Gasteiger partial charge in [0.25, 0.3) is 0 Å². The van der Waals surface area contributed by atoms with Gasteiger partial charge in [-0.3, -0.25) is 9.58 Å². The Balaban J connectivity index is 1.74. The lowest BCUT2D eigenvalue weighted by Gasteiger charge is -2.18. The second-order valence-electron chi connectivity index (χ2n) is 6.95. The molecule has 5 nitrogen and oxygen atoms in total.